The number of para-hydroxylation sites is 1. The van der Waals surface area contributed by atoms with Crippen LogP contribution in [0.5, 0.6) is 0 Å². The lowest BCUT2D eigenvalue weighted by atomic mass is 9.99. The number of H-pyrrole nitrogens is 1. The molecule has 0 bridgehead atoms. The molecule has 1 aliphatic heterocycles. The lowest BCUT2D eigenvalue weighted by molar-refractivity contribution is -0.145. The molecule has 1 aliphatic rings. The maximum Gasteiger partial charge on any atom is 0.328 e. The molecule has 1 aromatic heterocycles. The van der Waals surface area contributed by atoms with Gasteiger partial charge in [0.1, 0.15) is 6.04 Å². The van der Waals surface area contributed by atoms with Gasteiger partial charge in [-0.3, -0.25) is 23.9 Å². The first-order valence-electron chi connectivity index (χ1n) is 8.69. The van der Waals surface area contributed by atoms with E-state index in [0.29, 0.717) is 24.0 Å². The average molecular weight is 358 g/mol. The van der Waals surface area contributed by atoms with Crippen LogP contribution in [0.3, 0.4) is 0 Å². The zero-order valence-corrected chi connectivity index (χ0v) is 14.8. The summed E-state index contributed by atoms with van der Waals surface area (Å²) in [5.74, 6) is -0.331. The van der Waals surface area contributed by atoms with Crippen molar-refractivity contribution in [3.05, 3.63) is 45.1 Å². The maximum absolute atomic E-state index is 12.7. The van der Waals surface area contributed by atoms with E-state index in [1.54, 1.807) is 29.2 Å². The molecule has 0 spiro atoms. The van der Waals surface area contributed by atoms with Crippen molar-refractivity contribution >= 4 is 22.7 Å². The Balaban J connectivity index is 1.84. The monoisotopic (exact) mass is 358 g/mol. The normalized spacial score (nSPS) is 17.6. The smallest absolute Gasteiger partial charge is 0.328 e. The van der Waals surface area contributed by atoms with Crippen LogP contribution in [0.1, 0.15) is 20.3 Å². The number of rotatable bonds is 4. The standard InChI is InChI=1S/C18H22N4O4/c1-11(2)15-17(25)19-8-10-22(15)14(23)7-9-21-13-6-4-3-5-12(13)16(24)20-18(21)26/h3-6,11,15H,7-10H2,1-2H3,(H,19,25)(H,20,24,26). The number of nitrogens with one attached hydrogen (secondary N) is 2. The third-order valence-electron chi connectivity index (χ3n) is 4.66. The molecule has 1 atom stereocenters. The Morgan fingerprint density at radius 2 is 1.96 bits per heavy atom. The van der Waals surface area contributed by atoms with Gasteiger partial charge in [0.25, 0.3) is 5.56 Å². The van der Waals surface area contributed by atoms with Crippen LogP contribution in [-0.4, -0.2) is 45.4 Å². The molecule has 3 rings (SSSR count). The van der Waals surface area contributed by atoms with Gasteiger partial charge in [0.05, 0.1) is 10.9 Å². The molecular weight excluding hydrogens is 336 g/mol. The number of aromatic nitrogens is 2. The summed E-state index contributed by atoms with van der Waals surface area (Å²) in [4.78, 5) is 52.8. The molecule has 1 saturated heterocycles. The SMILES string of the molecule is CC(C)C1C(=O)NCCN1C(=O)CCn1c(=O)[nH]c(=O)c2ccccc21. The van der Waals surface area contributed by atoms with Crippen molar-refractivity contribution in [2.75, 3.05) is 13.1 Å². The van der Waals surface area contributed by atoms with Crippen molar-refractivity contribution in [3.63, 3.8) is 0 Å². The fourth-order valence-corrected chi connectivity index (χ4v) is 3.44. The van der Waals surface area contributed by atoms with E-state index in [4.69, 9.17) is 0 Å². The molecule has 1 aromatic carbocycles. The van der Waals surface area contributed by atoms with Crippen LogP contribution in [0.15, 0.2) is 33.9 Å². The molecule has 2 heterocycles. The number of amides is 2. The summed E-state index contributed by atoms with van der Waals surface area (Å²) < 4.78 is 1.39. The molecule has 2 aromatic rings. The van der Waals surface area contributed by atoms with Crippen molar-refractivity contribution in [2.24, 2.45) is 5.92 Å². The fourth-order valence-electron chi connectivity index (χ4n) is 3.44. The van der Waals surface area contributed by atoms with Crippen LogP contribution in [0.4, 0.5) is 0 Å². The number of piperazine rings is 1. The Labute approximate surface area is 149 Å². The number of aryl methyl sites for hydroxylation is 1. The number of aromatic amines is 1. The Kier molecular flexibility index (Phi) is 4.92. The van der Waals surface area contributed by atoms with Crippen molar-refractivity contribution in [3.8, 4) is 0 Å². The highest BCUT2D eigenvalue weighted by atomic mass is 16.2. The summed E-state index contributed by atoms with van der Waals surface area (Å²) in [5, 5.41) is 3.18. The minimum Gasteiger partial charge on any atom is -0.353 e. The van der Waals surface area contributed by atoms with E-state index in [1.165, 1.54) is 4.57 Å². The van der Waals surface area contributed by atoms with Crippen molar-refractivity contribution < 1.29 is 9.59 Å². The van der Waals surface area contributed by atoms with E-state index in [-0.39, 0.29) is 30.7 Å². The molecule has 8 nitrogen and oxygen atoms in total. The summed E-state index contributed by atoms with van der Waals surface area (Å²) in [5.41, 5.74) is -0.495. The van der Waals surface area contributed by atoms with E-state index in [2.05, 4.69) is 10.3 Å². The molecule has 8 heteroatoms. The Morgan fingerprint density at radius 3 is 2.69 bits per heavy atom. The number of hydrogen-bond acceptors (Lipinski definition) is 4. The van der Waals surface area contributed by atoms with Crippen molar-refractivity contribution in [1.82, 2.24) is 19.8 Å². The number of benzene rings is 1. The van der Waals surface area contributed by atoms with Crippen LogP contribution in [0.2, 0.25) is 0 Å². The van der Waals surface area contributed by atoms with Crippen LogP contribution in [0, 0.1) is 5.92 Å². The Bertz CT molecular complexity index is 960. The first kappa shape index (κ1) is 17.9. The summed E-state index contributed by atoms with van der Waals surface area (Å²) in [6, 6.07) is 6.28. The number of carbonyl (C=O) groups is 2. The largest absolute Gasteiger partial charge is 0.353 e. The first-order chi connectivity index (χ1) is 12.4. The van der Waals surface area contributed by atoms with E-state index >= 15 is 0 Å². The van der Waals surface area contributed by atoms with Gasteiger partial charge in [0.15, 0.2) is 0 Å². The highest BCUT2D eigenvalue weighted by molar-refractivity contribution is 5.89. The quantitative estimate of drug-likeness (QED) is 0.806. The molecular formula is C18H22N4O4. The first-order valence-corrected chi connectivity index (χ1v) is 8.69. The van der Waals surface area contributed by atoms with Gasteiger partial charge in [0, 0.05) is 26.1 Å². The van der Waals surface area contributed by atoms with Gasteiger partial charge in [-0.05, 0) is 18.1 Å². The minimum atomic E-state index is -0.543. The highest BCUT2D eigenvalue weighted by Gasteiger charge is 2.34. The Hall–Kier alpha value is -2.90. The van der Waals surface area contributed by atoms with Gasteiger partial charge in [-0.15, -0.1) is 0 Å². The second-order valence-corrected chi connectivity index (χ2v) is 6.75. The van der Waals surface area contributed by atoms with Gasteiger partial charge < -0.3 is 10.2 Å². The number of carbonyl (C=O) groups excluding carboxylic acids is 2. The highest BCUT2D eigenvalue weighted by Crippen LogP contribution is 2.16. The number of nitrogens with zero attached hydrogens (tertiary/aromatic N) is 2. The van der Waals surface area contributed by atoms with E-state index < -0.39 is 17.3 Å². The molecule has 0 aliphatic carbocycles. The topological polar surface area (TPSA) is 104 Å². The van der Waals surface area contributed by atoms with Crippen LogP contribution in [0.25, 0.3) is 10.9 Å². The zero-order chi connectivity index (χ0) is 18.8. The summed E-state index contributed by atoms with van der Waals surface area (Å²) in [6.07, 6.45) is 0.0758. The summed E-state index contributed by atoms with van der Waals surface area (Å²) in [6.45, 7) is 4.81. The number of fused-ring (bicyclic) bond motifs is 1. The molecule has 26 heavy (non-hydrogen) atoms. The predicted molar refractivity (Wildman–Crippen MR) is 96.8 cm³/mol. The zero-order valence-electron chi connectivity index (χ0n) is 14.8. The summed E-state index contributed by atoms with van der Waals surface area (Å²) in [7, 11) is 0. The predicted octanol–water partition coefficient (Wildman–Crippen LogP) is 0.0629. The Morgan fingerprint density at radius 1 is 1.23 bits per heavy atom. The second kappa shape index (κ2) is 7.15. The van der Waals surface area contributed by atoms with Crippen molar-refractivity contribution in [1.29, 1.82) is 0 Å². The molecule has 2 amide bonds. The summed E-state index contributed by atoms with van der Waals surface area (Å²) >= 11 is 0. The third-order valence-corrected chi connectivity index (χ3v) is 4.66. The lowest BCUT2D eigenvalue weighted by Gasteiger charge is -2.37. The number of hydrogen-bond donors (Lipinski definition) is 2. The van der Waals surface area contributed by atoms with E-state index in [0.717, 1.165) is 0 Å². The van der Waals surface area contributed by atoms with Gasteiger partial charge in [-0.25, -0.2) is 4.79 Å². The van der Waals surface area contributed by atoms with E-state index in [1.807, 2.05) is 13.8 Å². The van der Waals surface area contributed by atoms with Crippen molar-refractivity contribution in [2.45, 2.75) is 32.9 Å². The van der Waals surface area contributed by atoms with Gasteiger partial charge in [-0.1, -0.05) is 26.0 Å². The van der Waals surface area contributed by atoms with Crippen LogP contribution in [-0.2, 0) is 16.1 Å². The maximum atomic E-state index is 12.7. The molecule has 1 fully saturated rings. The molecule has 0 saturated carbocycles. The molecule has 0 radical (unpaired) electrons. The lowest BCUT2D eigenvalue weighted by Crippen LogP contribution is -2.59. The van der Waals surface area contributed by atoms with Gasteiger partial charge in [-0.2, -0.15) is 0 Å². The average Bonchev–Trinajstić information content (AvgIpc) is 2.60. The molecule has 138 valence electrons. The van der Waals surface area contributed by atoms with E-state index in [9.17, 15) is 19.2 Å². The molecule has 1 unspecified atom stereocenters. The van der Waals surface area contributed by atoms with Gasteiger partial charge in [0.2, 0.25) is 11.8 Å². The second-order valence-electron chi connectivity index (χ2n) is 6.75. The van der Waals surface area contributed by atoms with Gasteiger partial charge >= 0.3 is 5.69 Å². The minimum absolute atomic E-state index is 0.00381. The van der Waals surface area contributed by atoms with Crippen LogP contribution < -0.4 is 16.6 Å². The molecule has 2 N–H and O–H groups in total. The van der Waals surface area contributed by atoms with Crippen LogP contribution >= 0.6 is 0 Å². The third kappa shape index (κ3) is 3.26. The fraction of sp³-hybridized carbons (Fsp3) is 0.444.